The number of piperazine rings is 1. The van der Waals surface area contributed by atoms with E-state index in [0.717, 1.165) is 27.7 Å². The molecule has 2 fully saturated rings. The Labute approximate surface area is 188 Å². The lowest BCUT2D eigenvalue weighted by atomic mass is 10.0. The molecule has 3 heterocycles. The zero-order valence-corrected chi connectivity index (χ0v) is 19.0. The van der Waals surface area contributed by atoms with Crippen LogP contribution in [0.2, 0.25) is 0 Å². The van der Waals surface area contributed by atoms with Crippen LogP contribution in [0.3, 0.4) is 0 Å². The molecular weight excluding hydrogens is 422 g/mol. The summed E-state index contributed by atoms with van der Waals surface area (Å²) >= 11 is 0. The average Bonchev–Trinajstić information content (AvgIpc) is 3.18. The molecule has 0 saturated carbocycles. The largest absolute Gasteiger partial charge is 0.336 e. The van der Waals surface area contributed by atoms with Crippen LogP contribution < -0.4 is 0 Å². The maximum Gasteiger partial charge on any atom is 0.254 e. The van der Waals surface area contributed by atoms with Gasteiger partial charge in [0, 0.05) is 43.2 Å². The first-order chi connectivity index (χ1) is 15.4. The quantitative estimate of drug-likeness (QED) is 0.614. The number of carbonyl (C=O) groups excluding carboxylic acids is 1. The Bertz CT molecular complexity index is 1270. The van der Waals surface area contributed by atoms with Gasteiger partial charge in [0.25, 0.3) is 5.91 Å². The van der Waals surface area contributed by atoms with Gasteiger partial charge in [0.15, 0.2) is 9.84 Å². The van der Waals surface area contributed by atoms with E-state index in [1.807, 2.05) is 66.4 Å². The topological polar surface area (TPSA) is 70.6 Å². The lowest BCUT2D eigenvalue weighted by molar-refractivity contribution is 0.0589. The molecule has 32 heavy (non-hydrogen) atoms. The smallest absolute Gasteiger partial charge is 0.254 e. The standard InChI is InChI=1S/C25H27N3O3S/c1-18-7-8-23-21(15-18)22(16-24(26-23)19-5-3-2-4-6-19)25(29)28-12-10-27(11-13-28)20-9-14-32(30,31)17-20/h2-8,15-16,20H,9-14,17H2,1H3. The van der Waals surface area contributed by atoms with Crippen molar-refractivity contribution in [2.75, 3.05) is 37.7 Å². The van der Waals surface area contributed by atoms with Crippen molar-refractivity contribution in [1.29, 1.82) is 0 Å². The number of aromatic nitrogens is 1. The fraction of sp³-hybridized carbons (Fsp3) is 0.360. The molecule has 2 saturated heterocycles. The van der Waals surface area contributed by atoms with E-state index in [9.17, 15) is 13.2 Å². The van der Waals surface area contributed by atoms with Gasteiger partial charge in [-0.25, -0.2) is 13.4 Å². The van der Waals surface area contributed by atoms with Gasteiger partial charge < -0.3 is 4.90 Å². The van der Waals surface area contributed by atoms with Crippen LogP contribution in [0.4, 0.5) is 0 Å². The molecule has 6 nitrogen and oxygen atoms in total. The lowest BCUT2D eigenvalue weighted by Gasteiger charge is -2.37. The molecule has 2 aromatic carbocycles. The number of rotatable bonds is 3. The van der Waals surface area contributed by atoms with Crippen LogP contribution in [0.1, 0.15) is 22.3 Å². The van der Waals surface area contributed by atoms with E-state index in [0.29, 0.717) is 38.2 Å². The average molecular weight is 450 g/mol. The second-order valence-corrected chi connectivity index (χ2v) is 11.1. The van der Waals surface area contributed by atoms with Crippen LogP contribution in [0.5, 0.6) is 0 Å². The van der Waals surface area contributed by atoms with Gasteiger partial charge in [0.05, 0.1) is 28.3 Å². The van der Waals surface area contributed by atoms with Gasteiger partial charge in [0.2, 0.25) is 0 Å². The van der Waals surface area contributed by atoms with Crippen molar-refractivity contribution in [3.63, 3.8) is 0 Å². The fourth-order valence-corrected chi connectivity index (χ4v) is 6.56. The Morgan fingerprint density at radius 1 is 1.00 bits per heavy atom. The van der Waals surface area contributed by atoms with Gasteiger partial charge in [-0.3, -0.25) is 9.69 Å². The number of aryl methyl sites for hydroxylation is 1. The van der Waals surface area contributed by atoms with E-state index in [1.54, 1.807) is 0 Å². The van der Waals surface area contributed by atoms with Crippen LogP contribution >= 0.6 is 0 Å². The Morgan fingerprint density at radius 2 is 1.75 bits per heavy atom. The third-order valence-corrected chi connectivity index (χ3v) is 8.34. The lowest BCUT2D eigenvalue weighted by Crippen LogP contribution is -2.52. The summed E-state index contributed by atoms with van der Waals surface area (Å²) in [7, 11) is -2.91. The highest BCUT2D eigenvalue weighted by molar-refractivity contribution is 7.91. The highest BCUT2D eigenvalue weighted by Crippen LogP contribution is 2.27. The predicted molar refractivity (Wildman–Crippen MR) is 126 cm³/mol. The third-order valence-electron chi connectivity index (χ3n) is 6.59. The zero-order valence-electron chi connectivity index (χ0n) is 18.2. The van der Waals surface area contributed by atoms with Crippen LogP contribution in [0, 0.1) is 6.92 Å². The summed E-state index contributed by atoms with van der Waals surface area (Å²) in [6, 6.07) is 18.0. The number of hydrogen-bond acceptors (Lipinski definition) is 5. The van der Waals surface area contributed by atoms with Crippen LogP contribution in [-0.4, -0.2) is 72.8 Å². The van der Waals surface area contributed by atoms with Gasteiger partial charge in [-0.05, 0) is 31.5 Å². The Hall–Kier alpha value is -2.77. The second-order valence-electron chi connectivity index (χ2n) is 8.83. The van der Waals surface area contributed by atoms with Gasteiger partial charge >= 0.3 is 0 Å². The summed E-state index contributed by atoms with van der Waals surface area (Å²) in [4.78, 5) is 22.6. The Balaban J connectivity index is 1.42. The maximum atomic E-state index is 13.6. The van der Waals surface area contributed by atoms with Gasteiger partial charge in [-0.15, -0.1) is 0 Å². The van der Waals surface area contributed by atoms with Crippen molar-refractivity contribution in [2.45, 2.75) is 19.4 Å². The molecule has 2 aliphatic rings. The van der Waals surface area contributed by atoms with Crippen molar-refractivity contribution in [2.24, 2.45) is 0 Å². The molecule has 1 unspecified atom stereocenters. The number of hydrogen-bond donors (Lipinski definition) is 0. The molecule has 0 aliphatic carbocycles. The first-order valence-electron chi connectivity index (χ1n) is 11.1. The Morgan fingerprint density at radius 3 is 2.44 bits per heavy atom. The number of pyridine rings is 1. The highest BCUT2D eigenvalue weighted by atomic mass is 32.2. The predicted octanol–water partition coefficient (Wildman–Crippen LogP) is 3.16. The first-order valence-corrected chi connectivity index (χ1v) is 12.9. The summed E-state index contributed by atoms with van der Waals surface area (Å²) in [6.45, 7) is 4.64. The first kappa shape index (κ1) is 21.1. The van der Waals surface area contributed by atoms with E-state index < -0.39 is 9.84 Å². The molecule has 0 radical (unpaired) electrons. The monoisotopic (exact) mass is 449 g/mol. The zero-order chi connectivity index (χ0) is 22.3. The molecule has 1 atom stereocenters. The van der Waals surface area contributed by atoms with Crippen molar-refractivity contribution in [1.82, 2.24) is 14.8 Å². The van der Waals surface area contributed by atoms with Crippen molar-refractivity contribution in [3.05, 3.63) is 65.7 Å². The second kappa shape index (κ2) is 8.30. The van der Waals surface area contributed by atoms with Gasteiger partial charge in [0.1, 0.15) is 0 Å². The van der Waals surface area contributed by atoms with Crippen molar-refractivity contribution in [3.8, 4) is 11.3 Å². The van der Waals surface area contributed by atoms with Crippen molar-refractivity contribution < 1.29 is 13.2 Å². The molecule has 7 heteroatoms. The summed E-state index contributed by atoms with van der Waals surface area (Å²) < 4.78 is 23.7. The molecule has 2 aliphatic heterocycles. The normalized spacial score (nSPS) is 21.2. The molecule has 1 amide bonds. The highest BCUT2D eigenvalue weighted by Gasteiger charge is 2.34. The minimum absolute atomic E-state index is 0.0128. The number of sulfone groups is 1. The van der Waals surface area contributed by atoms with Gasteiger partial charge in [-0.2, -0.15) is 0 Å². The van der Waals surface area contributed by atoms with E-state index in [4.69, 9.17) is 4.98 Å². The molecule has 0 spiro atoms. The molecule has 166 valence electrons. The summed E-state index contributed by atoms with van der Waals surface area (Å²) in [6.07, 6.45) is 0.699. The van der Waals surface area contributed by atoms with E-state index in [1.165, 1.54) is 0 Å². The summed E-state index contributed by atoms with van der Waals surface area (Å²) in [5.41, 5.74) is 4.36. The fourth-order valence-electron chi connectivity index (χ4n) is 4.80. The van der Waals surface area contributed by atoms with Crippen LogP contribution in [0.25, 0.3) is 22.2 Å². The SMILES string of the molecule is Cc1ccc2nc(-c3ccccc3)cc(C(=O)N3CCN(C4CCS(=O)(=O)C4)CC3)c2c1. The third kappa shape index (κ3) is 4.14. The maximum absolute atomic E-state index is 13.6. The Kier molecular flexibility index (Phi) is 5.47. The molecule has 5 rings (SSSR count). The molecule has 0 bridgehead atoms. The molecule has 0 N–H and O–H groups in total. The number of nitrogens with zero attached hydrogens (tertiary/aromatic N) is 3. The van der Waals surface area contributed by atoms with E-state index in [2.05, 4.69) is 4.90 Å². The summed E-state index contributed by atoms with van der Waals surface area (Å²) in [5, 5.41) is 0.874. The van der Waals surface area contributed by atoms with Crippen LogP contribution in [-0.2, 0) is 9.84 Å². The minimum Gasteiger partial charge on any atom is -0.336 e. The van der Waals surface area contributed by atoms with E-state index in [-0.39, 0.29) is 23.5 Å². The number of carbonyl (C=O) groups is 1. The number of benzene rings is 2. The molecule has 3 aromatic rings. The summed E-state index contributed by atoms with van der Waals surface area (Å²) in [5.74, 6) is 0.538. The van der Waals surface area contributed by atoms with E-state index >= 15 is 0 Å². The number of fused-ring (bicyclic) bond motifs is 1. The molecule has 1 aromatic heterocycles. The van der Waals surface area contributed by atoms with Crippen LogP contribution in [0.15, 0.2) is 54.6 Å². The molecular formula is C25H27N3O3S. The van der Waals surface area contributed by atoms with Gasteiger partial charge in [-0.1, -0.05) is 42.0 Å². The number of amides is 1. The van der Waals surface area contributed by atoms with Crippen molar-refractivity contribution >= 4 is 26.6 Å². The minimum atomic E-state index is -2.91.